The molecule has 1 aromatic carbocycles. The van der Waals surface area contributed by atoms with Crippen molar-refractivity contribution in [1.29, 1.82) is 0 Å². The average molecular weight is 376 g/mol. The summed E-state index contributed by atoms with van der Waals surface area (Å²) < 4.78 is 1.84. The molecule has 0 spiro atoms. The van der Waals surface area contributed by atoms with Crippen LogP contribution in [0.2, 0.25) is 0 Å². The molecule has 0 radical (unpaired) electrons. The van der Waals surface area contributed by atoms with Crippen molar-refractivity contribution < 1.29 is 4.79 Å². The third-order valence-electron chi connectivity index (χ3n) is 5.91. The van der Waals surface area contributed by atoms with Crippen LogP contribution in [0.25, 0.3) is 11.1 Å². The molecule has 7 nitrogen and oxygen atoms in total. The Kier molecular flexibility index (Phi) is 3.96. The number of hydrogen-bond donors (Lipinski definition) is 1. The number of fused-ring (bicyclic) bond motifs is 2. The number of aryl methyl sites for hydroxylation is 3. The second kappa shape index (κ2) is 6.51. The lowest BCUT2D eigenvalue weighted by atomic mass is 9.93. The molecule has 0 aliphatic carbocycles. The smallest absolute Gasteiger partial charge is 0.210 e. The lowest BCUT2D eigenvalue weighted by molar-refractivity contribution is -0.118. The molecule has 2 aliphatic rings. The standard InChI is InChI=1S/C21H24N6O/c1-14-8-20-15(9-17(14)16-10-22-25(2)11-16)4-3-6-27(20)21-18-12-26(13-28)7-5-19(18)23-24-21/h8-11,13H,3-7,12H2,1-2H3,(H,23,24). The van der Waals surface area contributed by atoms with E-state index in [0.29, 0.717) is 6.54 Å². The highest BCUT2D eigenvalue weighted by Gasteiger charge is 2.28. The quantitative estimate of drug-likeness (QED) is 0.714. The normalized spacial score (nSPS) is 16.1. The second-order valence-corrected chi connectivity index (χ2v) is 7.78. The predicted molar refractivity (Wildman–Crippen MR) is 107 cm³/mol. The number of rotatable bonds is 3. The molecule has 1 N–H and O–H groups in total. The fraction of sp³-hybridized carbons (Fsp3) is 0.381. The number of hydrogen-bond acceptors (Lipinski definition) is 4. The van der Waals surface area contributed by atoms with Crippen LogP contribution < -0.4 is 4.90 Å². The van der Waals surface area contributed by atoms with Crippen molar-refractivity contribution in [3.63, 3.8) is 0 Å². The van der Waals surface area contributed by atoms with E-state index in [2.05, 4.69) is 45.4 Å². The highest BCUT2D eigenvalue weighted by Crippen LogP contribution is 2.39. The number of nitrogens with one attached hydrogen (secondary N) is 1. The van der Waals surface area contributed by atoms with E-state index in [1.165, 1.54) is 22.4 Å². The third-order valence-corrected chi connectivity index (χ3v) is 5.91. The number of anilines is 2. The first-order chi connectivity index (χ1) is 13.6. The van der Waals surface area contributed by atoms with Gasteiger partial charge in [0.2, 0.25) is 6.41 Å². The van der Waals surface area contributed by atoms with Gasteiger partial charge in [-0.25, -0.2) is 0 Å². The number of carbonyl (C=O) groups excluding carboxylic acids is 1. The van der Waals surface area contributed by atoms with E-state index >= 15 is 0 Å². The summed E-state index contributed by atoms with van der Waals surface area (Å²) in [7, 11) is 1.95. The summed E-state index contributed by atoms with van der Waals surface area (Å²) >= 11 is 0. The Balaban J connectivity index is 1.56. The number of carbonyl (C=O) groups is 1. The van der Waals surface area contributed by atoms with Gasteiger partial charge >= 0.3 is 0 Å². The van der Waals surface area contributed by atoms with Crippen LogP contribution in [0, 0.1) is 6.92 Å². The van der Waals surface area contributed by atoms with Crippen molar-refractivity contribution in [2.24, 2.45) is 7.05 Å². The molecule has 28 heavy (non-hydrogen) atoms. The van der Waals surface area contributed by atoms with Crippen molar-refractivity contribution in [3.8, 4) is 11.1 Å². The van der Waals surface area contributed by atoms with Crippen molar-refractivity contribution >= 4 is 17.9 Å². The Morgan fingerprint density at radius 3 is 2.89 bits per heavy atom. The maximum atomic E-state index is 11.3. The van der Waals surface area contributed by atoms with Crippen LogP contribution in [-0.4, -0.2) is 44.4 Å². The SMILES string of the molecule is Cc1cc2c(cc1-c1cnn(C)c1)CCCN2c1n[nH]c2c1CN(C=O)CC2. The number of nitrogens with zero attached hydrogens (tertiary/aromatic N) is 5. The molecule has 7 heteroatoms. The molecule has 0 unspecified atom stereocenters. The molecule has 5 rings (SSSR count). The molecular weight excluding hydrogens is 352 g/mol. The van der Waals surface area contributed by atoms with Crippen LogP contribution in [0.5, 0.6) is 0 Å². The highest BCUT2D eigenvalue weighted by atomic mass is 16.1. The van der Waals surface area contributed by atoms with Gasteiger partial charge in [0.15, 0.2) is 5.82 Å². The van der Waals surface area contributed by atoms with Crippen LogP contribution in [0.15, 0.2) is 24.5 Å². The van der Waals surface area contributed by atoms with Crippen molar-refractivity contribution in [2.75, 3.05) is 18.0 Å². The van der Waals surface area contributed by atoms with Crippen LogP contribution >= 0.6 is 0 Å². The molecular formula is C21H24N6O. The van der Waals surface area contributed by atoms with Crippen molar-refractivity contribution in [3.05, 3.63) is 46.9 Å². The summed E-state index contributed by atoms with van der Waals surface area (Å²) in [4.78, 5) is 15.4. The largest absolute Gasteiger partial charge is 0.340 e. The van der Waals surface area contributed by atoms with Crippen LogP contribution in [0.1, 0.15) is 28.8 Å². The summed E-state index contributed by atoms with van der Waals surface area (Å²) in [5.41, 5.74) is 8.51. The van der Waals surface area contributed by atoms with Gasteiger partial charge in [-0.1, -0.05) is 0 Å². The van der Waals surface area contributed by atoms with E-state index in [1.807, 2.05) is 22.8 Å². The number of amides is 1. The first kappa shape index (κ1) is 17.0. The monoisotopic (exact) mass is 376 g/mol. The van der Waals surface area contributed by atoms with Gasteiger partial charge in [-0.15, -0.1) is 0 Å². The lowest BCUT2D eigenvalue weighted by Gasteiger charge is -2.32. The first-order valence-electron chi connectivity index (χ1n) is 9.79. The molecule has 0 saturated carbocycles. The molecule has 4 heterocycles. The van der Waals surface area contributed by atoms with Gasteiger partial charge in [-0.05, 0) is 48.6 Å². The van der Waals surface area contributed by atoms with E-state index in [1.54, 1.807) is 0 Å². The molecule has 2 aromatic heterocycles. The molecule has 0 fully saturated rings. The van der Waals surface area contributed by atoms with Gasteiger partial charge in [0.05, 0.1) is 12.7 Å². The highest BCUT2D eigenvalue weighted by molar-refractivity contribution is 5.76. The second-order valence-electron chi connectivity index (χ2n) is 7.78. The fourth-order valence-corrected chi connectivity index (χ4v) is 4.44. The zero-order chi connectivity index (χ0) is 19.3. The Morgan fingerprint density at radius 2 is 2.11 bits per heavy atom. The molecule has 144 valence electrons. The van der Waals surface area contributed by atoms with Gasteiger partial charge in [0.25, 0.3) is 0 Å². The van der Waals surface area contributed by atoms with Crippen LogP contribution in [-0.2, 0) is 31.2 Å². The van der Waals surface area contributed by atoms with Crippen LogP contribution in [0.4, 0.5) is 11.5 Å². The minimum Gasteiger partial charge on any atom is -0.340 e. The van der Waals surface area contributed by atoms with Gasteiger partial charge < -0.3 is 9.80 Å². The Morgan fingerprint density at radius 1 is 1.21 bits per heavy atom. The Hall–Kier alpha value is -3.09. The number of aromatic amines is 1. The first-order valence-corrected chi connectivity index (χ1v) is 9.79. The third kappa shape index (κ3) is 2.69. The van der Waals surface area contributed by atoms with Crippen molar-refractivity contribution in [2.45, 2.75) is 32.7 Å². The zero-order valence-corrected chi connectivity index (χ0v) is 16.3. The van der Waals surface area contributed by atoms with E-state index in [0.717, 1.165) is 61.4 Å². The fourth-order valence-electron chi connectivity index (χ4n) is 4.44. The number of H-pyrrole nitrogens is 1. The number of aromatic nitrogens is 4. The van der Waals surface area contributed by atoms with Crippen molar-refractivity contribution in [1.82, 2.24) is 24.9 Å². The number of benzene rings is 1. The maximum absolute atomic E-state index is 11.3. The summed E-state index contributed by atoms with van der Waals surface area (Å²) in [6.45, 7) is 4.48. The molecule has 0 atom stereocenters. The summed E-state index contributed by atoms with van der Waals surface area (Å²) in [5.74, 6) is 0.969. The van der Waals surface area contributed by atoms with Gasteiger partial charge in [-0.3, -0.25) is 14.6 Å². The molecule has 1 amide bonds. The minimum absolute atomic E-state index is 0.628. The van der Waals surface area contributed by atoms with E-state index in [4.69, 9.17) is 0 Å². The van der Waals surface area contributed by atoms with E-state index in [9.17, 15) is 4.79 Å². The van der Waals surface area contributed by atoms with Gasteiger partial charge in [-0.2, -0.15) is 10.2 Å². The lowest BCUT2D eigenvalue weighted by Crippen LogP contribution is -2.31. The molecule has 2 aliphatic heterocycles. The molecule has 0 saturated heterocycles. The maximum Gasteiger partial charge on any atom is 0.210 e. The summed E-state index contributed by atoms with van der Waals surface area (Å²) in [6.07, 6.45) is 7.91. The molecule has 3 aromatic rings. The average Bonchev–Trinajstić information content (AvgIpc) is 3.32. The Bertz CT molecular complexity index is 1050. The van der Waals surface area contributed by atoms with Gasteiger partial charge in [0, 0.05) is 55.3 Å². The summed E-state index contributed by atoms with van der Waals surface area (Å²) in [6, 6.07) is 4.59. The zero-order valence-electron chi connectivity index (χ0n) is 16.3. The molecule has 0 bridgehead atoms. The van der Waals surface area contributed by atoms with Gasteiger partial charge in [0.1, 0.15) is 0 Å². The van der Waals surface area contributed by atoms with E-state index < -0.39 is 0 Å². The van der Waals surface area contributed by atoms with E-state index in [-0.39, 0.29) is 0 Å². The summed E-state index contributed by atoms with van der Waals surface area (Å²) in [5, 5.41) is 12.2. The topological polar surface area (TPSA) is 70.1 Å². The Labute approximate surface area is 164 Å². The predicted octanol–water partition coefficient (Wildman–Crippen LogP) is 2.72. The minimum atomic E-state index is 0.628. The van der Waals surface area contributed by atoms with Crippen LogP contribution in [0.3, 0.4) is 0 Å².